The molecule has 0 saturated heterocycles. The zero-order valence-corrected chi connectivity index (χ0v) is 12.4. The maximum Gasteiger partial charge on any atom is 0.336 e. The number of methoxy groups -OCH3 is 2. The van der Waals surface area contributed by atoms with Gasteiger partial charge in [0.05, 0.1) is 19.6 Å². The Labute approximate surface area is 118 Å². The largest absolute Gasteiger partial charge is 0.496 e. The summed E-state index contributed by atoms with van der Waals surface area (Å²) >= 11 is 0. The summed E-state index contributed by atoms with van der Waals surface area (Å²) in [5, 5.41) is 0.798. The van der Waals surface area contributed by atoms with Crippen LogP contribution < -0.4 is 15.1 Å². The molecular weight excluding hydrogens is 256 g/mol. The predicted octanol–water partition coefficient (Wildman–Crippen LogP) is 3.40. The van der Waals surface area contributed by atoms with E-state index >= 15 is 0 Å². The predicted molar refractivity (Wildman–Crippen MR) is 78.7 cm³/mol. The Morgan fingerprint density at radius 2 is 1.85 bits per heavy atom. The van der Waals surface area contributed by atoms with Crippen LogP contribution in [0.3, 0.4) is 0 Å². The molecular formula is C16H20O4. The maximum atomic E-state index is 11.5. The molecule has 0 aliphatic heterocycles. The van der Waals surface area contributed by atoms with Crippen molar-refractivity contribution in [2.45, 2.75) is 26.7 Å². The summed E-state index contributed by atoms with van der Waals surface area (Å²) in [4.78, 5) is 11.5. The summed E-state index contributed by atoms with van der Waals surface area (Å²) in [6.45, 7) is 4.32. The quantitative estimate of drug-likeness (QED) is 0.785. The van der Waals surface area contributed by atoms with Gasteiger partial charge in [-0.15, -0.1) is 0 Å². The van der Waals surface area contributed by atoms with E-state index in [-0.39, 0.29) is 5.63 Å². The highest BCUT2D eigenvalue weighted by Gasteiger charge is 2.16. The van der Waals surface area contributed by atoms with Crippen molar-refractivity contribution in [3.63, 3.8) is 0 Å². The summed E-state index contributed by atoms with van der Waals surface area (Å²) in [7, 11) is 3.20. The van der Waals surface area contributed by atoms with Gasteiger partial charge in [-0.05, 0) is 24.8 Å². The first-order valence-electron chi connectivity index (χ1n) is 6.74. The van der Waals surface area contributed by atoms with E-state index in [1.165, 1.54) is 6.07 Å². The third kappa shape index (κ3) is 2.79. The standard InChI is InChI=1S/C16H20O4/c1-10(2)5-6-11-13(18-3)9-14(19-4)12-7-8-15(17)20-16(11)12/h7-10H,5-6H2,1-4H3. The minimum atomic E-state index is -0.362. The van der Waals surface area contributed by atoms with Crippen molar-refractivity contribution in [2.75, 3.05) is 14.2 Å². The van der Waals surface area contributed by atoms with Crippen molar-refractivity contribution in [1.82, 2.24) is 0 Å². The molecule has 0 atom stereocenters. The van der Waals surface area contributed by atoms with E-state index in [4.69, 9.17) is 13.9 Å². The SMILES string of the molecule is COc1cc(OC)c2ccc(=O)oc2c1CCC(C)C. The lowest BCUT2D eigenvalue weighted by atomic mass is 9.99. The summed E-state index contributed by atoms with van der Waals surface area (Å²) in [5.41, 5.74) is 1.13. The van der Waals surface area contributed by atoms with Gasteiger partial charge in [-0.2, -0.15) is 0 Å². The number of rotatable bonds is 5. The zero-order valence-electron chi connectivity index (χ0n) is 12.4. The lowest BCUT2D eigenvalue weighted by Gasteiger charge is -2.14. The lowest BCUT2D eigenvalue weighted by Crippen LogP contribution is -2.02. The van der Waals surface area contributed by atoms with E-state index in [0.29, 0.717) is 23.0 Å². The van der Waals surface area contributed by atoms with E-state index in [0.717, 1.165) is 23.8 Å². The molecule has 1 aromatic carbocycles. The van der Waals surface area contributed by atoms with Gasteiger partial charge in [0, 0.05) is 17.7 Å². The van der Waals surface area contributed by atoms with Crippen LogP contribution in [0, 0.1) is 5.92 Å². The molecule has 4 heteroatoms. The van der Waals surface area contributed by atoms with Crippen LogP contribution >= 0.6 is 0 Å². The van der Waals surface area contributed by atoms with Gasteiger partial charge in [-0.1, -0.05) is 13.8 Å². The Balaban J connectivity index is 2.68. The molecule has 1 aromatic heterocycles. The highest BCUT2D eigenvalue weighted by molar-refractivity contribution is 5.88. The van der Waals surface area contributed by atoms with Gasteiger partial charge >= 0.3 is 5.63 Å². The third-order valence-corrected chi connectivity index (χ3v) is 3.34. The molecule has 0 bridgehead atoms. The van der Waals surface area contributed by atoms with E-state index in [2.05, 4.69) is 13.8 Å². The van der Waals surface area contributed by atoms with Crippen LogP contribution in [-0.4, -0.2) is 14.2 Å². The number of benzene rings is 1. The molecule has 0 aliphatic carbocycles. The zero-order chi connectivity index (χ0) is 14.7. The smallest absolute Gasteiger partial charge is 0.336 e. The fourth-order valence-electron chi connectivity index (χ4n) is 2.25. The van der Waals surface area contributed by atoms with Gasteiger partial charge in [0.1, 0.15) is 17.1 Å². The van der Waals surface area contributed by atoms with Gasteiger partial charge in [-0.3, -0.25) is 0 Å². The third-order valence-electron chi connectivity index (χ3n) is 3.34. The number of hydrogen-bond donors (Lipinski definition) is 0. The summed E-state index contributed by atoms with van der Waals surface area (Å²) in [6.07, 6.45) is 1.80. The van der Waals surface area contributed by atoms with Crippen LogP contribution in [0.1, 0.15) is 25.8 Å². The molecule has 0 radical (unpaired) electrons. The Morgan fingerprint density at radius 3 is 2.45 bits per heavy atom. The first kappa shape index (κ1) is 14.4. The van der Waals surface area contributed by atoms with E-state index in [9.17, 15) is 4.79 Å². The average molecular weight is 276 g/mol. The van der Waals surface area contributed by atoms with E-state index < -0.39 is 0 Å². The second-order valence-electron chi connectivity index (χ2n) is 5.19. The van der Waals surface area contributed by atoms with Crippen molar-refractivity contribution in [2.24, 2.45) is 5.92 Å². The normalized spacial score (nSPS) is 11.1. The molecule has 2 rings (SSSR count). The van der Waals surface area contributed by atoms with Gasteiger partial charge in [0.2, 0.25) is 0 Å². The molecule has 0 saturated carbocycles. The van der Waals surface area contributed by atoms with E-state index in [1.54, 1.807) is 20.3 Å². The molecule has 0 unspecified atom stereocenters. The number of fused-ring (bicyclic) bond motifs is 1. The highest BCUT2D eigenvalue weighted by atomic mass is 16.5. The Kier molecular flexibility index (Phi) is 4.32. The minimum Gasteiger partial charge on any atom is -0.496 e. The van der Waals surface area contributed by atoms with Crippen LogP contribution in [0.5, 0.6) is 11.5 Å². The highest BCUT2D eigenvalue weighted by Crippen LogP contribution is 2.36. The lowest BCUT2D eigenvalue weighted by molar-refractivity contribution is 0.390. The molecule has 20 heavy (non-hydrogen) atoms. The Bertz CT molecular complexity index is 655. The fraction of sp³-hybridized carbons (Fsp3) is 0.438. The van der Waals surface area contributed by atoms with Crippen molar-refractivity contribution in [1.29, 1.82) is 0 Å². The van der Waals surface area contributed by atoms with Crippen molar-refractivity contribution >= 4 is 11.0 Å². The fourth-order valence-corrected chi connectivity index (χ4v) is 2.25. The molecule has 0 aliphatic rings. The second-order valence-corrected chi connectivity index (χ2v) is 5.19. The van der Waals surface area contributed by atoms with Crippen molar-refractivity contribution in [3.05, 3.63) is 34.2 Å². The Hall–Kier alpha value is -1.97. The van der Waals surface area contributed by atoms with Crippen molar-refractivity contribution < 1.29 is 13.9 Å². The molecule has 2 aromatic rings. The Morgan fingerprint density at radius 1 is 1.15 bits per heavy atom. The van der Waals surface area contributed by atoms with E-state index in [1.807, 2.05) is 6.07 Å². The van der Waals surface area contributed by atoms with Gasteiger partial charge in [0.25, 0.3) is 0 Å². The van der Waals surface area contributed by atoms with Crippen LogP contribution in [0.25, 0.3) is 11.0 Å². The number of aryl methyl sites for hydroxylation is 1. The maximum absolute atomic E-state index is 11.5. The van der Waals surface area contributed by atoms with Crippen LogP contribution in [-0.2, 0) is 6.42 Å². The first-order chi connectivity index (χ1) is 9.56. The van der Waals surface area contributed by atoms with Crippen LogP contribution in [0.2, 0.25) is 0 Å². The van der Waals surface area contributed by atoms with Gasteiger partial charge in [0.15, 0.2) is 0 Å². The average Bonchev–Trinajstić information content (AvgIpc) is 2.43. The number of ether oxygens (including phenoxy) is 2. The van der Waals surface area contributed by atoms with Crippen molar-refractivity contribution in [3.8, 4) is 11.5 Å². The molecule has 4 nitrogen and oxygen atoms in total. The molecule has 0 amide bonds. The monoisotopic (exact) mass is 276 g/mol. The topological polar surface area (TPSA) is 48.7 Å². The van der Waals surface area contributed by atoms with Gasteiger partial charge < -0.3 is 13.9 Å². The second kappa shape index (κ2) is 5.99. The van der Waals surface area contributed by atoms with Crippen LogP contribution in [0.4, 0.5) is 0 Å². The molecule has 0 spiro atoms. The van der Waals surface area contributed by atoms with Crippen LogP contribution in [0.15, 0.2) is 27.4 Å². The minimum absolute atomic E-state index is 0.362. The molecule has 0 fully saturated rings. The summed E-state index contributed by atoms with van der Waals surface area (Å²) in [6, 6.07) is 4.99. The summed E-state index contributed by atoms with van der Waals surface area (Å²) < 4.78 is 16.2. The summed E-state index contributed by atoms with van der Waals surface area (Å²) in [5.74, 6) is 1.91. The first-order valence-corrected chi connectivity index (χ1v) is 6.74. The molecule has 1 heterocycles. The molecule has 108 valence electrons. The number of hydrogen-bond acceptors (Lipinski definition) is 4. The molecule has 0 N–H and O–H groups in total. The van der Waals surface area contributed by atoms with Gasteiger partial charge in [-0.25, -0.2) is 4.79 Å².